The molecule has 0 saturated heterocycles. The van der Waals surface area contributed by atoms with Crippen LogP contribution in [0.3, 0.4) is 0 Å². The van der Waals surface area contributed by atoms with Crippen molar-refractivity contribution in [2.45, 2.75) is 18.9 Å². The van der Waals surface area contributed by atoms with Gasteiger partial charge in [-0.2, -0.15) is 0 Å². The van der Waals surface area contributed by atoms with E-state index in [-0.39, 0.29) is 12.8 Å². The molecule has 1 aromatic rings. The number of benzene rings is 1. The van der Waals surface area contributed by atoms with Crippen molar-refractivity contribution in [1.82, 2.24) is 5.32 Å². The molecule has 1 atom stereocenters. The van der Waals surface area contributed by atoms with Gasteiger partial charge in [-0.3, -0.25) is 9.59 Å². The first-order valence-corrected chi connectivity index (χ1v) is 6.06. The fraction of sp³-hybridized carbons (Fsp3) is 0.250. The lowest BCUT2D eigenvalue weighted by molar-refractivity contribution is -0.139. The molecule has 0 radical (unpaired) electrons. The molecule has 6 nitrogen and oxygen atoms in total. The van der Waals surface area contributed by atoms with Crippen molar-refractivity contribution in [3.05, 3.63) is 34.4 Å². The van der Waals surface area contributed by atoms with Crippen molar-refractivity contribution >= 4 is 29.4 Å². The van der Waals surface area contributed by atoms with Gasteiger partial charge in [0.2, 0.25) is 5.91 Å². The second-order valence-electron chi connectivity index (χ2n) is 4.12. The summed E-state index contributed by atoms with van der Waals surface area (Å²) in [5, 5.41) is 10.4. The third-order valence-electron chi connectivity index (χ3n) is 2.54. The van der Waals surface area contributed by atoms with Gasteiger partial charge in [-0.25, -0.2) is 13.6 Å². The summed E-state index contributed by atoms with van der Waals surface area (Å²) in [7, 11) is 0. The molecule has 0 aliphatic rings. The van der Waals surface area contributed by atoms with E-state index in [4.69, 9.17) is 22.4 Å². The van der Waals surface area contributed by atoms with Gasteiger partial charge in [0.1, 0.15) is 17.7 Å². The molecule has 4 N–H and O–H groups in total. The Morgan fingerprint density at radius 1 is 1.29 bits per heavy atom. The normalized spacial score (nSPS) is 11.8. The van der Waals surface area contributed by atoms with Crippen LogP contribution in [-0.4, -0.2) is 28.9 Å². The first-order chi connectivity index (χ1) is 9.72. The SMILES string of the molecule is NC(=O)CC[C@@H](NC(=O)c1cc(F)c(Cl)cc1F)C(=O)O. The van der Waals surface area contributed by atoms with Crippen LogP contribution in [0.2, 0.25) is 5.02 Å². The molecule has 0 fully saturated rings. The van der Waals surface area contributed by atoms with Gasteiger partial charge >= 0.3 is 5.97 Å². The second kappa shape index (κ2) is 6.98. The molecular formula is C12H11ClF2N2O4. The van der Waals surface area contributed by atoms with E-state index in [0.717, 1.165) is 0 Å². The lowest BCUT2D eigenvalue weighted by Crippen LogP contribution is -2.41. The molecule has 1 aromatic carbocycles. The molecule has 2 amide bonds. The maximum absolute atomic E-state index is 13.5. The van der Waals surface area contributed by atoms with Gasteiger partial charge in [0.15, 0.2) is 0 Å². The van der Waals surface area contributed by atoms with E-state index >= 15 is 0 Å². The van der Waals surface area contributed by atoms with E-state index in [1.54, 1.807) is 0 Å². The molecule has 0 aromatic heterocycles. The predicted molar refractivity (Wildman–Crippen MR) is 68.7 cm³/mol. The number of amides is 2. The Bertz CT molecular complexity index is 595. The first kappa shape index (κ1) is 16.8. The Labute approximate surface area is 122 Å². The minimum absolute atomic E-state index is 0.270. The Balaban J connectivity index is 2.89. The van der Waals surface area contributed by atoms with Gasteiger partial charge < -0.3 is 16.2 Å². The zero-order valence-electron chi connectivity index (χ0n) is 10.5. The minimum Gasteiger partial charge on any atom is -0.480 e. The first-order valence-electron chi connectivity index (χ1n) is 5.69. The van der Waals surface area contributed by atoms with Crippen LogP contribution in [0.1, 0.15) is 23.2 Å². The highest BCUT2D eigenvalue weighted by Crippen LogP contribution is 2.19. The number of rotatable bonds is 6. The maximum atomic E-state index is 13.5. The Kier molecular flexibility index (Phi) is 5.60. The fourth-order valence-electron chi connectivity index (χ4n) is 1.48. The van der Waals surface area contributed by atoms with E-state index in [2.05, 4.69) is 0 Å². The van der Waals surface area contributed by atoms with Crippen molar-refractivity contribution in [3.63, 3.8) is 0 Å². The highest BCUT2D eigenvalue weighted by Gasteiger charge is 2.23. The topological polar surface area (TPSA) is 109 Å². The van der Waals surface area contributed by atoms with E-state index in [0.29, 0.717) is 12.1 Å². The van der Waals surface area contributed by atoms with Crippen LogP contribution in [0, 0.1) is 11.6 Å². The van der Waals surface area contributed by atoms with E-state index in [1.807, 2.05) is 5.32 Å². The summed E-state index contributed by atoms with van der Waals surface area (Å²) in [5.74, 6) is -5.44. The summed E-state index contributed by atoms with van der Waals surface area (Å²) < 4.78 is 26.7. The van der Waals surface area contributed by atoms with E-state index < -0.39 is 46.0 Å². The quantitative estimate of drug-likeness (QED) is 0.681. The molecule has 0 bridgehead atoms. The number of primary amides is 1. The van der Waals surface area contributed by atoms with Crippen LogP contribution in [0.25, 0.3) is 0 Å². The molecule has 1 rings (SSSR count). The third-order valence-corrected chi connectivity index (χ3v) is 2.83. The molecule has 9 heteroatoms. The summed E-state index contributed by atoms with van der Waals surface area (Å²) in [6.07, 6.45) is -0.553. The average molecular weight is 321 g/mol. The fourth-order valence-corrected chi connectivity index (χ4v) is 1.63. The summed E-state index contributed by atoms with van der Waals surface area (Å²) in [5.41, 5.74) is 4.18. The van der Waals surface area contributed by atoms with Gasteiger partial charge in [-0.05, 0) is 18.6 Å². The van der Waals surface area contributed by atoms with Crippen LogP contribution >= 0.6 is 11.6 Å². The van der Waals surface area contributed by atoms with Crippen LogP contribution in [0.4, 0.5) is 8.78 Å². The van der Waals surface area contributed by atoms with Crippen LogP contribution in [-0.2, 0) is 9.59 Å². The molecule has 21 heavy (non-hydrogen) atoms. The van der Waals surface area contributed by atoms with Gasteiger partial charge in [-0.1, -0.05) is 11.6 Å². The number of carbonyl (C=O) groups excluding carboxylic acids is 2. The van der Waals surface area contributed by atoms with E-state index in [9.17, 15) is 23.2 Å². The van der Waals surface area contributed by atoms with Crippen LogP contribution in [0.15, 0.2) is 12.1 Å². The molecule has 114 valence electrons. The van der Waals surface area contributed by atoms with Crippen molar-refractivity contribution in [2.75, 3.05) is 0 Å². The highest BCUT2D eigenvalue weighted by atomic mass is 35.5. The van der Waals surface area contributed by atoms with Gasteiger partial charge in [0, 0.05) is 6.42 Å². The van der Waals surface area contributed by atoms with Crippen molar-refractivity contribution in [2.24, 2.45) is 5.73 Å². The number of nitrogens with one attached hydrogen (secondary N) is 1. The zero-order chi connectivity index (χ0) is 16.2. The standard InChI is InChI=1S/C12H11ClF2N2O4/c13-6-4-7(14)5(3-8(6)15)11(19)17-9(12(20)21)1-2-10(16)18/h3-4,9H,1-2H2,(H2,16,18)(H,17,19)(H,20,21)/t9-/m1/s1. The minimum atomic E-state index is -1.46. The number of carboxylic acids is 1. The Morgan fingerprint density at radius 2 is 1.90 bits per heavy atom. The smallest absolute Gasteiger partial charge is 0.326 e. The lowest BCUT2D eigenvalue weighted by atomic mass is 10.1. The number of nitrogens with two attached hydrogens (primary N) is 1. The molecule has 0 aliphatic heterocycles. The van der Waals surface area contributed by atoms with Crippen LogP contribution in [0.5, 0.6) is 0 Å². The molecule has 0 aliphatic carbocycles. The van der Waals surface area contributed by atoms with Crippen LogP contribution < -0.4 is 11.1 Å². The predicted octanol–water partition coefficient (Wildman–Crippen LogP) is 1.07. The molecule has 0 spiro atoms. The molecular weight excluding hydrogens is 310 g/mol. The Hall–Kier alpha value is -2.22. The maximum Gasteiger partial charge on any atom is 0.326 e. The molecule has 0 unspecified atom stereocenters. The molecule has 0 heterocycles. The van der Waals surface area contributed by atoms with E-state index in [1.165, 1.54) is 0 Å². The van der Waals surface area contributed by atoms with Gasteiger partial charge in [0.25, 0.3) is 5.91 Å². The van der Waals surface area contributed by atoms with Crippen molar-refractivity contribution < 1.29 is 28.3 Å². The largest absolute Gasteiger partial charge is 0.480 e. The summed E-state index contributed by atoms with van der Waals surface area (Å²) in [4.78, 5) is 33.3. The monoisotopic (exact) mass is 320 g/mol. The third kappa shape index (κ3) is 4.67. The summed E-state index contributed by atoms with van der Waals surface area (Å²) >= 11 is 5.34. The average Bonchev–Trinajstić information content (AvgIpc) is 2.37. The number of hydrogen-bond acceptors (Lipinski definition) is 3. The van der Waals surface area contributed by atoms with Crippen molar-refractivity contribution in [1.29, 1.82) is 0 Å². The second-order valence-corrected chi connectivity index (χ2v) is 4.52. The number of carboxylic acid groups (broad SMARTS) is 1. The summed E-state index contributed by atoms with van der Waals surface area (Å²) in [6, 6.07) is -0.298. The molecule has 0 saturated carbocycles. The summed E-state index contributed by atoms with van der Waals surface area (Å²) in [6.45, 7) is 0. The van der Waals surface area contributed by atoms with Gasteiger partial charge in [-0.15, -0.1) is 0 Å². The number of aliphatic carboxylic acids is 1. The zero-order valence-corrected chi connectivity index (χ0v) is 11.3. The van der Waals surface area contributed by atoms with Crippen molar-refractivity contribution in [3.8, 4) is 0 Å². The number of halogens is 3. The highest BCUT2D eigenvalue weighted by molar-refractivity contribution is 6.30. The lowest BCUT2D eigenvalue weighted by Gasteiger charge is -2.14. The number of hydrogen-bond donors (Lipinski definition) is 3. The Morgan fingerprint density at radius 3 is 2.43 bits per heavy atom. The number of carbonyl (C=O) groups is 3. The van der Waals surface area contributed by atoms with Gasteiger partial charge in [0.05, 0.1) is 10.6 Å².